The first kappa shape index (κ1) is 21.2. The number of ether oxygens (including phenoxy) is 2. The molecule has 1 aliphatic rings. The zero-order chi connectivity index (χ0) is 18.7. The molecule has 0 radical (unpaired) electrons. The summed E-state index contributed by atoms with van der Waals surface area (Å²) in [5, 5.41) is 0.367. The average Bonchev–Trinajstić information content (AvgIpc) is 2.66. The first-order valence-electron chi connectivity index (χ1n) is 8.76. The first-order valence-corrected chi connectivity index (χ1v) is 9.14. The third-order valence-corrected chi connectivity index (χ3v) is 4.74. The van der Waals surface area contributed by atoms with Crippen LogP contribution in [0.1, 0.15) is 35.7 Å². The average molecular weight is 411 g/mol. The molecule has 2 aromatic rings. The van der Waals surface area contributed by atoms with Crippen LogP contribution >= 0.6 is 24.0 Å². The standard InChI is InChI=1S/C20H23ClN2O3.ClH/c1-3-10-26-19-15(21)11-13(12-18(19)25-2)20(24)23-9-5-6-14-16(22)7-4-8-17(14)23;/h4,7-8,11-12H,3,5-6,9-10,22H2,1-2H3;1H. The van der Waals surface area contributed by atoms with Crippen LogP contribution in [0.3, 0.4) is 0 Å². The molecular formula is C20H24Cl2N2O3. The van der Waals surface area contributed by atoms with E-state index in [0.29, 0.717) is 35.2 Å². The summed E-state index contributed by atoms with van der Waals surface area (Å²) in [5.74, 6) is 0.800. The summed E-state index contributed by atoms with van der Waals surface area (Å²) < 4.78 is 11.1. The SMILES string of the molecule is CCCOc1c(Cl)cc(C(=O)N2CCCc3c(N)cccc32)cc1OC.Cl. The van der Waals surface area contributed by atoms with Gasteiger partial charge in [-0.15, -0.1) is 12.4 Å². The molecule has 2 N–H and O–H groups in total. The molecule has 0 saturated heterocycles. The van der Waals surface area contributed by atoms with Gasteiger partial charge in [-0.05, 0) is 49.1 Å². The molecule has 1 heterocycles. The van der Waals surface area contributed by atoms with Gasteiger partial charge in [0.2, 0.25) is 0 Å². The molecule has 7 heteroatoms. The van der Waals surface area contributed by atoms with E-state index in [9.17, 15) is 4.79 Å². The molecule has 27 heavy (non-hydrogen) atoms. The van der Waals surface area contributed by atoms with Crippen molar-refractivity contribution in [2.45, 2.75) is 26.2 Å². The number of nitrogen functional groups attached to an aromatic ring is 1. The third kappa shape index (κ3) is 4.25. The summed E-state index contributed by atoms with van der Waals surface area (Å²) in [4.78, 5) is 14.9. The van der Waals surface area contributed by atoms with E-state index in [4.69, 9.17) is 26.8 Å². The number of carbonyl (C=O) groups is 1. The number of amides is 1. The number of rotatable bonds is 5. The Morgan fingerprint density at radius 3 is 2.81 bits per heavy atom. The topological polar surface area (TPSA) is 64.8 Å². The van der Waals surface area contributed by atoms with Gasteiger partial charge >= 0.3 is 0 Å². The minimum absolute atomic E-state index is 0. The van der Waals surface area contributed by atoms with Crippen molar-refractivity contribution in [3.8, 4) is 11.5 Å². The number of hydrogen-bond donors (Lipinski definition) is 1. The highest BCUT2D eigenvalue weighted by molar-refractivity contribution is 6.32. The van der Waals surface area contributed by atoms with Crippen molar-refractivity contribution < 1.29 is 14.3 Å². The van der Waals surface area contributed by atoms with E-state index >= 15 is 0 Å². The number of halogens is 2. The summed E-state index contributed by atoms with van der Waals surface area (Å²) >= 11 is 6.36. The Morgan fingerprint density at radius 2 is 2.11 bits per heavy atom. The van der Waals surface area contributed by atoms with Crippen LogP contribution in [0.15, 0.2) is 30.3 Å². The Labute approximate surface area is 170 Å². The molecule has 0 bridgehead atoms. The summed E-state index contributed by atoms with van der Waals surface area (Å²) in [5.41, 5.74) is 9.15. The van der Waals surface area contributed by atoms with E-state index in [1.54, 1.807) is 17.0 Å². The minimum atomic E-state index is -0.126. The molecular weight excluding hydrogens is 387 g/mol. The molecule has 1 aliphatic heterocycles. The van der Waals surface area contributed by atoms with Crippen molar-refractivity contribution in [1.82, 2.24) is 0 Å². The maximum absolute atomic E-state index is 13.1. The third-order valence-electron chi connectivity index (χ3n) is 4.46. The number of nitrogens with zero attached hydrogens (tertiary/aromatic N) is 1. The highest BCUT2D eigenvalue weighted by atomic mass is 35.5. The van der Waals surface area contributed by atoms with Crippen LogP contribution in [0, 0.1) is 0 Å². The predicted molar refractivity (Wildman–Crippen MR) is 112 cm³/mol. The van der Waals surface area contributed by atoms with Gasteiger partial charge in [-0.1, -0.05) is 24.6 Å². The van der Waals surface area contributed by atoms with Crippen molar-refractivity contribution in [3.63, 3.8) is 0 Å². The van der Waals surface area contributed by atoms with E-state index in [0.717, 1.165) is 36.2 Å². The van der Waals surface area contributed by atoms with Crippen LogP contribution in [0.2, 0.25) is 5.02 Å². The van der Waals surface area contributed by atoms with Crippen LogP contribution in [-0.2, 0) is 6.42 Å². The molecule has 2 aromatic carbocycles. The Morgan fingerprint density at radius 1 is 1.33 bits per heavy atom. The Balaban J connectivity index is 0.00000261. The van der Waals surface area contributed by atoms with Gasteiger partial charge in [0, 0.05) is 23.5 Å². The van der Waals surface area contributed by atoms with Crippen LogP contribution in [0.4, 0.5) is 11.4 Å². The second-order valence-electron chi connectivity index (χ2n) is 6.24. The summed E-state index contributed by atoms with van der Waals surface area (Å²) in [6.45, 7) is 3.18. The Kier molecular flexibility index (Phi) is 7.22. The molecule has 0 atom stereocenters. The number of carbonyl (C=O) groups excluding carboxylic acids is 1. The molecule has 0 fully saturated rings. The number of hydrogen-bond acceptors (Lipinski definition) is 4. The molecule has 0 aliphatic carbocycles. The van der Waals surface area contributed by atoms with Crippen LogP contribution in [-0.4, -0.2) is 26.2 Å². The number of fused-ring (bicyclic) bond motifs is 1. The second-order valence-corrected chi connectivity index (χ2v) is 6.65. The quantitative estimate of drug-likeness (QED) is 0.723. The highest BCUT2D eigenvalue weighted by Crippen LogP contribution is 2.38. The fraction of sp³-hybridized carbons (Fsp3) is 0.350. The van der Waals surface area contributed by atoms with Gasteiger partial charge in [0.25, 0.3) is 5.91 Å². The zero-order valence-corrected chi connectivity index (χ0v) is 17.0. The summed E-state index contributed by atoms with van der Waals surface area (Å²) in [6.07, 6.45) is 2.60. The smallest absolute Gasteiger partial charge is 0.258 e. The van der Waals surface area contributed by atoms with Gasteiger partial charge in [0.15, 0.2) is 11.5 Å². The summed E-state index contributed by atoms with van der Waals surface area (Å²) in [6, 6.07) is 8.99. The van der Waals surface area contributed by atoms with Crippen molar-refractivity contribution in [3.05, 3.63) is 46.5 Å². The second kappa shape index (κ2) is 9.20. The number of benzene rings is 2. The maximum atomic E-state index is 13.1. The number of methoxy groups -OCH3 is 1. The molecule has 146 valence electrons. The van der Waals surface area contributed by atoms with E-state index in [1.807, 2.05) is 25.1 Å². The van der Waals surface area contributed by atoms with Crippen LogP contribution in [0.25, 0.3) is 0 Å². The normalized spacial score (nSPS) is 12.8. The van der Waals surface area contributed by atoms with Crippen molar-refractivity contribution >= 4 is 41.3 Å². The maximum Gasteiger partial charge on any atom is 0.258 e. The lowest BCUT2D eigenvalue weighted by Crippen LogP contribution is -2.35. The van der Waals surface area contributed by atoms with E-state index < -0.39 is 0 Å². The molecule has 0 saturated carbocycles. The molecule has 3 rings (SSSR count). The number of anilines is 2. The van der Waals surface area contributed by atoms with Gasteiger partial charge in [0.1, 0.15) is 0 Å². The molecule has 5 nitrogen and oxygen atoms in total. The minimum Gasteiger partial charge on any atom is -0.493 e. The van der Waals surface area contributed by atoms with Gasteiger partial charge in [-0.25, -0.2) is 0 Å². The lowest BCUT2D eigenvalue weighted by atomic mass is 9.99. The Hall–Kier alpha value is -2.11. The van der Waals surface area contributed by atoms with Crippen molar-refractivity contribution in [2.75, 3.05) is 30.9 Å². The van der Waals surface area contributed by atoms with Crippen molar-refractivity contribution in [1.29, 1.82) is 0 Å². The predicted octanol–water partition coefficient (Wildman–Crippen LogP) is 4.73. The summed E-state index contributed by atoms with van der Waals surface area (Å²) in [7, 11) is 1.54. The molecule has 1 amide bonds. The number of nitrogens with two attached hydrogens (primary N) is 1. The lowest BCUT2D eigenvalue weighted by molar-refractivity contribution is 0.0984. The molecule has 0 aromatic heterocycles. The lowest BCUT2D eigenvalue weighted by Gasteiger charge is -2.30. The van der Waals surface area contributed by atoms with Crippen molar-refractivity contribution in [2.24, 2.45) is 0 Å². The highest BCUT2D eigenvalue weighted by Gasteiger charge is 2.26. The van der Waals surface area contributed by atoms with Gasteiger partial charge < -0.3 is 20.1 Å². The fourth-order valence-electron chi connectivity index (χ4n) is 3.21. The van der Waals surface area contributed by atoms with Gasteiger partial charge in [-0.2, -0.15) is 0 Å². The van der Waals surface area contributed by atoms with E-state index in [1.165, 1.54) is 7.11 Å². The zero-order valence-electron chi connectivity index (χ0n) is 15.5. The molecule has 0 unspecified atom stereocenters. The van der Waals surface area contributed by atoms with Crippen LogP contribution < -0.4 is 20.1 Å². The monoisotopic (exact) mass is 410 g/mol. The first-order chi connectivity index (χ1) is 12.6. The fourth-order valence-corrected chi connectivity index (χ4v) is 3.47. The van der Waals surface area contributed by atoms with Gasteiger partial charge in [-0.3, -0.25) is 4.79 Å². The Bertz CT molecular complexity index is 827. The molecule has 0 spiro atoms. The van der Waals surface area contributed by atoms with E-state index in [2.05, 4.69) is 0 Å². The largest absolute Gasteiger partial charge is 0.493 e. The van der Waals surface area contributed by atoms with Crippen LogP contribution in [0.5, 0.6) is 11.5 Å². The van der Waals surface area contributed by atoms with Gasteiger partial charge in [0.05, 0.1) is 18.7 Å². The van der Waals surface area contributed by atoms with E-state index in [-0.39, 0.29) is 18.3 Å².